The van der Waals surface area contributed by atoms with E-state index >= 15 is 0 Å². The number of rotatable bonds is 6. The summed E-state index contributed by atoms with van der Waals surface area (Å²) in [5.74, 6) is -0.130. The van der Waals surface area contributed by atoms with Crippen LogP contribution in [0.15, 0.2) is 48.5 Å². The first-order chi connectivity index (χ1) is 12.4. The summed E-state index contributed by atoms with van der Waals surface area (Å²) in [5.41, 5.74) is 2.73. The Hall–Kier alpha value is -2.11. The lowest BCUT2D eigenvalue weighted by Gasteiger charge is -2.30. The van der Waals surface area contributed by atoms with E-state index in [0.29, 0.717) is 22.4 Å². The van der Waals surface area contributed by atoms with Crippen LogP contribution in [0.3, 0.4) is 0 Å². The van der Waals surface area contributed by atoms with Crippen molar-refractivity contribution in [1.82, 2.24) is 4.90 Å². The van der Waals surface area contributed by atoms with E-state index in [1.54, 1.807) is 18.2 Å². The summed E-state index contributed by atoms with van der Waals surface area (Å²) < 4.78 is 0. The maximum atomic E-state index is 12.7. The minimum atomic E-state index is -0.418. The van der Waals surface area contributed by atoms with Gasteiger partial charge < -0.3 is 15.5 Å². The summed E-state index contributed by atoms with van der Waals surface area (Å²) in [7, 11) is 0. The van der Waals surface area contributed by atoms with Gasteiger partial charge in [0.25, 0.3) is 0 Å². The second-order valence-electron chi connectivity index (χ2n) is 6.17. The number of anilines is 2. The number of hydrogen-bond donors (Lipinski definition) is 2. The Morgan fingerprint density at radius 1 is 1.15 bits per heavy atom. The van der Waals surface area contributed by atoms with Crippen molar-refractivity contribution < 1.29 is 4.79 Å². The number of hydrogen-bond acceptors (Lipinski definition) is 2. The number of halogens is 1. The summed E-state index contributed by atoms with van der Waals surface area (Å²) in [4.78, 5) is 14.6. The molecule has 138 valence electrons. The van der Waals surface area contributed by atoms with Gasteiger partial charge in [0.05, 0.1) is 0 Å². The Morgan fingerprint density at radius 2 is 1.81 bits per heavy atom. The van der Waals surface area contributed by atoms with Gasteiger partial charge >= 0.3 is 0 Å². The molecule has 2 rings (SSSR count). The van der Waals surface area contributed by atoms with Crippen LogP contribution >= 0.6 is 23.8 Å². The van der Waals surface area contributed by atoms with Gasteiger partial charge in [0.1, 0.15) is 6.04 Å². The van der Waals surface area contributed by atoms with E-state index in [9.17, 15) is 4.79 Å². The Bertz CT molecular complexity index is 781. The molecule has 4 nitrogen and oxygen atoms in total. The molecular formula is C20H24ClN3OS. The van der Waals surface area contributed by atoms with Gasteiger partial charge in [-0.05, 0) is 68.4 Å². The van der Waals surface area contributed by atoms with E-state index < -0.39 is 6.04 Å². The van der Waals surface area contributed by atoms with Gasteiger partial charge in [0, 0.05) is 22.9 Å². The molecule has 0 unspecified atom stereocenters. The third-order valence-corrected chi connectivity index (χ3v) is 4.51. The third-order valence-electron chi connectivity index (χ3n) is 3.93. The maximum absolute atomic E-state index is 12.7. The van der Waals surface area contributed by atoms with Crippen molar-refractivity contribution in [2.75, 3.05) is 17.2 Å². The zero-order valence-electron chi connectivity index (χ0n) is 15.3. The van der Waals surface area contributed by atoms with E-state index in [0.717, 1.165) is 17.7 Å². The number of amides is 1. The molecule has 0 radical (unpaired) electrons. The first-order valence-corrected chi connectivity index (χ1v) is 9.40. The van der Waals surface area contributed by atoms with E-state index in [4.69, 9.17) is 23.8 Å². The SMILES string of the molecule is CCCN(C(=S)Nc1cccc(C)c1)[C@H](C)C(=O)Nc1cccc(Cl)c1. The largest absolute Gasteiger partial charge is 0.337 e. The normalized spacial score (nSPS) is 11.5. The predicted molar refractivity (Wildman–Crippen MR) is 114 cm³/mol. The molecule has 0 bridgehead atoms. The maximum Gasteiger partial charge on any atom is 0.246 e. The third kappa shape index (κ3) is 5.71. The molecule has 2 N–H and O–H groups in total. The molecule has 0 saturated carbocycles. The van der Waals surface area contributed by atoms with Crippen LogP contribution in [0.2, 0.25) is 5.02 Å². The van der Waals surface area contributed by atoms with Crippen LogP contribution < -0.4 is 10.6 Å². The number of carbonyl (C=O) groups excluding carboxylic acids is 1. The Kier molecular flexibility index (Phi) is 7.42. The highest BCUT2D eigenvalue weighted by atomic mass is 35.5. The summed E-state index contributed by atoms with van der Waals surface area (Å²) >= 11 is 11.5. The Balaban J connectivity index is 2.08. The molecule has 0 saturated heterocycles. The van der Waals surface area contributed by atoms with Crippen molar-refractivity contribution in [3.05, 3.63) is 59.1 Å². The molecule has 0 aliphatic heterocycles. The number of benzene rings is 2. The van der Waals surface area contributed by atoms with Crippen molar-refractivity contribution >= 4 is 46.2 Å². The highest BCUT2D eigenvalue weighted by Crippen LogP contribution is 2.17. The smallest absolute Gasteiger partial charge is 0.246 e. The van der Waals surface area contributed by atoms with Crippen molar-refractivity contribution in [3.63, 3.8) is 0 Å². The molecule has 0 aliphatic rings. The molecule has 0 fully saturated rings. The van der Waals surface area contributed by atoms with Gasteiger partial charge in [-0.15, -0.1) is 0 Å². The zero-order valence-corrected chi connectivity index (χ0v) is 16.8. The number of thiocarbonyl (C=S) groups is 1. The lowest BCUT2D eigenvalue weighted by molar-refractivity contribution is -0.119. The summed E-state index contributed by atoms with van der Waals surface area (Å²) in [5, 5.41) is 7.24. The molecule has 0 heterocycles. The highest BCUT2D eigenvalue weighted by Gasteiger charge is 2.23. The average Bonchev–Trinajstić information content (AvgIpc) is 2.59. The van der Waals surface area contributed by atoms with Crippen LogP contribution in [0.1, 0.15) is 25.8 Å². The standard InChI is InChI=1S/C20H24ClN3OS/c1-4-11-24(20(26)23-17-9-5-7-14(2)12-17)15(3)19(25)22-18-10-6-8-16(21)13-18/h5-10,12-13,15H,4,11H2,1-3H3,(H,22,25)(H,23,26)/t15-/m1/s1. The number of nitrogens with one attached hydrogen (secondary N) is 2. The minimum Gasteiger partial charge on any atom is -0.337 e. The molecule has 26 heavy (non-hydrogen) atoms. The van der Waals surface area contributed by atoms with Crippen LogP contribution in [0.5, 0.6) is 0 Å². The average molecular weight is 390 g/mol. The van der Waals surface area contributed by atoms with Crippen LogP contribution in [0, 0.1) is 6.92 Å². The fourth-order valence-corrected chi connectivity index (χ4v) is 3.14. The van der Waals surface area contributed by atoms with E-state index in [1.165, 1.54) is 0 Å². The monoisotopic (exact) mass is 389 g/mol. The molecule has 0 aliphatic carbocycles. The highest BCUT2D eigenvalue weighted by molar-refractivity contribution is 7.80. The fraction of sp³-hybridized carbons (Fsp3) is 0.300. The van der Waals surface area contributed by atoms with Crippen molar-refractivity contribution in [3.8, 4) is 0 Å². The van der Waals surface area contributed by atoms with Crippen molar-refractivity contribution in [2.24, 2.45) is 0 Å². The van der Waals surface area contributed by atoms with Gasteiger partial charge in [-0.1, -0.05) is 36.7 Å². The molecule has 2 aromatic rings. The van der Waals surface area contributed by atoms with E-state index in [1.807, 2.05) is 49.1 Å². The molecular weight excluding hydrogens is 366 g/mol. The summed E-state index contributed by atoms with van der Waals surface area (Å²) in [6.07, 6.45) is 0.879. The van der Waals surface area contributed by atoms with E-state index in [-0.39, 0.29) is 5.91 Å². The van der Waals surface area contributed by atoms with Crippen molar-refractivity contribution in [2.45, 2.75) is 33.2 Å². The minimum absolute atomic E-state index is 0.130. The van der Waals surface area contributed by atoms with Gasteiger partial charge in [-0.25, -0.2) is 0 Å². The van der Waals surface area contributed by atoms with Crippen molar-refractivity contribution in [1.29, 1.82) is 0 Å². The number of carbonyl (C=O) groups is 1. The second kappa shape index (κ2) is 9.55. The Morgan fingerprint density at radius 3 is 2.42 bits per heavy atom. The van der Waals surface area contributed by atoms with Gasteiger partial charge in [0.2, 0.25) is 5.91 Å². The van der Waals surface area contributed by atoms with Crippen LogP contribution in [-0.4, -0.2) is 28.5 Å². The van der Waals surface area contributed by atoms with Gasteiger partial charge in [-0.2, -0.15) is 0 Å². The van der Waals surface area contributed by atoms with Crippen LogP contribution in [0.25, 0.3) is 0 Å². The lowest BCUT2D eigenvalue weighted by atomic mass is 10.2. The predicted octanol–water partition coefficient (Wildman–Crippen LogP) is 5.08. The number of aryl methyl sites for hydroxylation is 1. The fourth-order valence-electron chi connectivity index (χ4n) is 2.58. The van der Waals surface area contributed by atoms with E-state index in [2.05, 4.69) is 17.6 Å². The topological polar surface area (TPSA) is 44.4 Å². The Labute approximate surface area is 165 Å². The first-order valence-electron chi connectivity index (χ1n) is 8.61. The molecule has 0 spiro atoms. The molecule has 0 aromatic heterocycles. The molecule has 6 heteroatoms. The molecule has 1 amide bonds. The lowest BCUT2D eigenvalue weighted by Crippen LogP contribution is -2.47. The summed E-state index contributed by atoms with van der Waals surface area (Å²) in [6, 6.07) is 14.7. The van der Waals surface area contributed by atoms with Gasteiger partial charge in [-0.3, -0.25) is 4.79 Å². The van der Waals surface area contributed by atoms with Crippen LogP contribution in [0.4, 0.5) is 11.4 Å². The molecule has 2 aromatic carbocycles. The number of nitrogens with zero attached hydrogens (tertiary/aromatic N) is 1. The van der Waals surface area contributed by atoms with Crippen LogP contribution in [-0.2, 0) is 4.79 Å². The first kappa shape index (κ1) is 20.2. The van der Waals surface area contributed by atoms with Gasteiger partial charge in [0.15, 0.2) is 5.11 Å². The summed E-state index contributed by atoms with van der Waals surface area (Å²) in [6.45, 7) is 6.62. The second-order valence-corrected chi connectivity index (χ2v) is 6.99. The quantitative estimate of drug-likeness (QED) is 0.676. The molecule has 1 atom stereocenters. The zero-order chi connectivity index (χ0) is 19.1.